The van der Waals surface area contributed by atoms with E-state index in [4.69, 9.17) is 13.3 Å². The Balaban J connectivity index is 4.17. The molecule has 0 saturated carbocycles. The SMILES string of the molecule is [CH2]C(CCCC)[Si](OC)(OC)OC. The lowest BCUT2D eigenvalue weighted by molar-refractivity contribution is 0.114. The van der Waals surface area contributed by atoms with Crippen molar-refractivity contribution in [2.45, 2.75) is 31.7 Å². The van der Waals surface area contributed by atoms with Crippen LogP contribution in [0, 0.1) is 6.92 Å². The molecule has 3 nitrogen and oxygen atoms in total. The molecule has 4 heteroatoms. The van der Waals surface area contributed by atoms with Crippen molar-refractivity contribution < 1.29 is 13.3 Å². The van der Waals surface area contributed by atoms with Crippen LogP contribution in [0.25, 0.3) is 0 Å². The molecule has 0 aliphatic rings. The zero-order valence-corrected chi connectivity index (χ0v) is 10.1. The van der Waals surface area contributed by atoms with E-state index in [9.17, 15) is 0 Å². The third kappa shape index (κ3) is 3.38. The van der Waals surface area contributed by atoms with Crippen LogP contribution in [0.4, 0.5) is 0 Å². The normalized spacial score (nSPS) is 14.5. The summed E-state index contributed by atoms with van der Waals surface area (Å²) in [5, 5.41) is 0. The van der Waals surface area contributed by atoms with Gasteiger partial charge in [-0.15, -0.1) is 0 Å². The molecule has 0 heterocycles. The van der Waals surface area contributed by atoms with Crippen LogP contribution in [-0.4, -0.2) is 30.1 Å². The van der Waals surface area contributed by atoms with E-state index in [0.29, 0.717) is 0 Å². The molecular weight excluding hydrogens is 184 g/mol. The van der Waals surface area contributed by atoms with Gasteiger partial charge in [0, 0.05) is 26.9 Å². The highest BCUT2D eigenvalue weighted by Gasteiger charge is 2.43. The van der Waals surface area contributed by atoms with E-state index in [0.717, 1.165) is 19.3 Å². The Morgan fingerprint density at radius 1 is 1.15 bits per heavy atom. The van der Waals surface area contributed by atoms with E-state index in [1.54, 1.807) is 21.3 Å². The van der Waals surface area contributed by atoms with E-state index >= 15 is 0 Å². The zero-order valence-electron chi connectivity index (χ0n) is 9.13. The minimum Gasteiger partial charge on any atom is -0.377 e. The van der Waals surface area contributed by atoms with Gasteiger partial charge in [0.1, 0.15) is 0 Å². The van der Waals surface area contributed by atoms with Gasteiger partial charge in [0.2, 0.25) is 0 Å². The van der Waals surface area contributed by atoms with Crippen molar-refractivity contribution >= 4 is 8.80 Å². The molecule has 0 saturated heterocycles. The molecule has 0 aromatic heterocycles. The fourth-order valence-corrected chi connectivity index (χ4v) is 3.43. The molecule has 0 bridgehead atoms. The average Bonchev–Trinajstić information content (AvgIpc) is 2.18. The molecular formula is C9H21O3Si. The molecule has 0 aliphatic carbocycles. The summed E-state index contributed by atoms with van der Waals surface area (Å²) in [7, 11) is 2.42. The summed E-state index contributed by atoms with van der Waals surface area (Å²) in [5.41, 5.74) is 0.132. The van der Waals surface area contributed by atoms with E-state index in [2.05, 4.69) is 13.8 Å². The highest BCUT2D eigenvalue weighted by Crippen LogP contribution is 2.27. The first-order chi connectivity index (χ1) is 6.16. The van der Waals surface area contributed by atoms with Gasteiger partial charge < -0.3 is 13.3 Å². The average molecular weight is 205 g/mol. The minimum atomic E-state index is -2.47. The largest absolute Gasteiger partial charge is 0.503 e. The van der Waals surface area contributed by atoms with E-state index in [-0.39, 0.29) is 5.54 Å². The van der Waals surface area contributed by atoms with Crippen LogP contribution < -0.4 is 0 Å². The van der Waals surface area contributed by atoms with Crippen LogP contribution >= 0.6 is 0 Å². The van der Waals surface area contributed by atoms with Gasteiger partial charge in [0.05, 0.1) is 0 Å². The third-order valence-electron chi connectivity index (χ3n) is 2.26. The smallest absolute Gasteiger partial charge is 0.377 e. The summed E-state index contributed by atoms with van der Waals surface area (Å²) < 4.78 is 16.0. The predicted octanol–water partition coefficient (Wildman–Crippen LogP) is 2.26. The van der Waals surface area contributed by atoms with Crippen molar-refractivity contribution in [1.82, 2.24) is 0 Å². The minimum absolute atomic E-state index is 0.132. The number of hydrogen-bond donors (Lipinski definition) is 0. The topological polar surface area (TPSA) is 27.7 Å². The summed E-state index contributed by atoms with van der Waals surface area (Å²) in [5.74, 6) is 0. The van der Waals surface area contributed by atoms with Gasteiger partial charge in [-0.05, 0) is 13.3 Å². The molecule has 1 unspecified atom stereocenters. The lowest BCUT2D eigenvalue weighted by Gasteiger charge is -2.29. The third-order valence-corrected chi connectivity index (χ3v) is 5.26. The van der Waals surface area contributed by atoms with Gasteiger partial charge >= 0.3 is 8.80 Å². The molecule has 0 spiro atoms. The predicted molar refractivity (Wildman–Crippen MR) is 55.4 cm³/mol. The Labute approximate surface area is 82.8 Å². The quantitative estimate of drug-likeness (QED) is 0.597. The molecule has 0 N–H and O–H groups in total. The summed E-state index contributed by atoms with van der Waals surface area (Å²) in [4.78, 5) is 0. The van der Waals surface area contributed by atoms with Crippen LogP contribution in [0.2, 0.25) is 5.54 Å². The Morgan fingerprint density at radius 3 is 1.92 bits per heavy atom. The van der Waals surface area contributed by atoms with Crippen molar-refractivity contribution in [3.05, 3.63) is 6.92 Å². The van der Waals surface area contributed by atoms with Gasteiger partial charge in [0.15, 0.2) is 0 Å². The molecule has 1 radical (unpaired) electrons. The van der Waals surface area contributed by atoms with Crippen LogP contribution in [0.5, 0.6) is 0 Å². The molecule has 0 fully saturated rings. The zero-order chi connectivity index (χ0) is 10.3. The second-order valence-corrected chi connectivity index (χ2v) is 6.30. The van der Waals surface area contributed by atoms with E-state index in [1.165, 1.54) is 0 Å². The molecule has 0 rings (SSSR count). The summed E-state index contributed by atoms with van der Waals surface area (Å²) in [6, 6.07) is 0. The number of unbranched alkanes of at least 4 members (excludes halogenated alkanes) is 1. The van der Waals surface area contributed by atoms with Crippen LogP contribution in [0.1, 0.15) is 26.2 Å². The Kier molecular flexibility index (Phi) is 6.58. The Bertz CT molecular complexity index is 118. The summed E-state index contributed by atoms with van der Waals surface area (Å²) in [6.45, 7) is 6.20. The van der Waals surface area contributed by atoms with Gasteiger partial charge in [-0.3, -0.25) is 0 Å². The van der Waals surface area contributed by atoms with E-state index < -0.39 is 8.80 Å². The number of hydrogen-bond acceptors (Lipinski definition) is 3. The van der Waals surface area contributed by atoms with E-state index in [1.807, 2.05) is 0 Å². The molecule has 13 heavy (non-hydrogen) atoms. The highest BCUT2D eigenvalue weighted by molar-refractivity contribution is 6.62. The van der Waals surface area contributed by atoms with Gasteiger partial charge in [-0.1, -0.05) is 19.8 Å². The van der Waals surface area contributed by atoms with Crippen molar-refractivity contribution in [2.24, 2.45) is 0 Å². The van der Waals surface area contributed by atoms with Crippen molar-refractivity contribution in [3.63, 3.8) is 0 Å². The van der Waals surface area contributed by atoms with Gasteiger partial charge in [0.25, 0.3) is 0 Å². The maximum atomic E-state index is 5.33. The van der Waals surface area contributed by atoms with Gasteiger partial charge in [-0.25, -0.2) is 0 Å². The molecule has 0 amide bonds. The highest BCUT2D eigenvalue weighted by atomic mass is 28.4. The van der Waals surface area contributed by atoms with Crippen molar-refractivity contribution in [3.8, 4) is 0 Å². The second-order valence-electron chi connectivity index (χ2n) is 3.06. The van der Waals surface area contributed by atoms with Crippen molar-refractivity contribution in [1.29, 1.82) is 0 Å². The lowest BCUT2D eigenvalue weighted by Crippen LogP contribution is -2.46. The Hall–Kier alpha value is 0.0969. The Morgan fingerprint density at radius 2 is 1.62 bits per heavy atom. The maximum absolute atomic E-state index is 5.33. The summed E-state index contributed by atoms with van der Waals surface area (Å²) >= 11 is 0. The lowest BCUT2D eigenvalue weighted by atomic mass is 10.2. The molecule has 1 atom stereocenters. The fourth-order valence-electron chi connectivity index (χ4n) is 1.38. The molecule has 0 aliphatic heterocycles. The fraction of sp³-hybridized carbons (Fsp3) is 0.889. The molecule has 0 aromatic carbocycles. The maximum Gasteiger partial charge on any atom is 0.503 e. The van der Waals surface area contributed by atoms with Crippen molar-refractivity contribution in [2.75, 3.05) is 21.3 Å². The first-order valence-corrected chi connectivity index (χ1v) is 6.45. The molecule has 79 valence electrons. The monoisotopic (exact) mass is 205 g/mol. The second kappa shape index (κ2) is 6.54. The first-order valence-electron chi connectivity index (χ1n) is 4.65. The van der Waals surface area contributed by atoms with Crippen LogP contribution in [0.15, 0.2) is 0 Å². The molecule has 0 aromatic rings. The first kappa shape index (κ1) is 13.1. The van der Waals surface area contributed by atoms with Crippen LogP contribution in [-0.2, 0) is 13.3 Å². The van der Waals surface area contributed by atoms with Gasteiger partial charge in [-0.2, -0.15) is 0 Å². The summed E-state index contributed by atoms with van der Waals surface area (Å²) in [6.07, 6.45) is 3.30. The number of rotatable bonds is 7. The standard InChI is InChI=1S/C9H21O3Si/c1-6-7-8-9(2)13(10-3,11-4)12-5/h9H,2,6-8H2,1,3-5H3. The van der Waals surface area contributed by atoms with Crippen LogP contribution in [0.3, 0.4) is 0 Å².